The number of aromatic nitrogens is 1. The first-order chi connectivity index (χ1) is 9.58. The van der Waals surface area contributed by atoms with E-state index in [1.807, 2.05) is 36.4 Å². The van der Waals surface area contributed by atoms with Gasteiger partial charge in [-0.3, -0.25) is 4.79 Å². The Bertz CT molecular complexity index is 582. The van der Waals surface area contributed by atoms with Crippen molar-refractivity contribution in [2.24, 2.45) is 0 Å². The molecule has 0 bridgehead atoms. The number of benzene rings is 1. The first-order valence-corrected chi connectivity index (χ1v) is 6.59. The molecule has 0 spiro atoms. The average Bonchev–Trinajstić information content (AvgIpc) is 2.48. The summed E-state index contributed by atoms with van der Waals surface area (Å²) in [6, 6.07) is 14.7. The average molecular weight is 270 g/mol. The lowest BCUT2D eigenvalue weighted by atomic mass is 10.1. The minimum atomic E-state index is -0.601. The van der Waals surface area contributed by atoms with Gasteiger partial charge in [0.15, 0.2) is 0 Å². The summed E-state index contributed by atoms with van der Waals surface area (Å²) in [6.07, 6.45) is -0.601. The zero-order valence-corrected chi connectivity index (χ0v) is 11.6. The maximum absolute atomic E-state index is 12.1. The Morgan fingerprint density at radius 3 is 2.45 bits per heavy atom. The van der Waals surface area contributed by atoms with Crippen LogP contribution in [-0.4, -0.2) is 28.1 Å². The normalized spacial score (nSPS) is 13.6. The highest BCUT2D eigenvalue weighted by Crippen LogP contribution is 2.16. The van der Waals surface area contributed by atoms with E-state index < -0.39 is 6.10 Å². The summed E-state index contributed by atoms with van der Waals surface area (Å²) in [5.74, 6) is -0.281. The van der Waals surface area contributed by atoms with Crippen LogP contribution >= 0.6 is 0 Å². The second-order valence-electron chi connectivity index (χ2n) is 4.78. The van der Waals surface area contributed by atoms with Gasteiger partial charge in [-0.1, -0.05) is 36.4 Å². The highest BCUT2D eigenvalue weighted by molar-refractivity contribution is 5.93. The number of hydrogen-bond donors (Lipinski definition) is 2. The summed E-state index contributed by atoms with van der Waals surface area (Å²) in [5.41, 5.74) is 2.06. The number of rotatable bonds is 4. The quantitative estimate of drug-likeness (QED) is 0.895. The van der Waals surface area contributed by atoms with Gasteiger partial charge in [0.1, 0.15) is 5.69 Å². The SMILES string of the molecule is C[C@H](NC(=O)c1cccc(-c2ccccc2)n1)[C@@H](C)O. The van der Waals surface area contributed by atoms with E-state index in [-0.39, 0.29) is 11.9 Å². The van der Waals surface area contributed by atoms with Crippen LogP contribution in [0, 0.1) is 0 Å². The summed E-state index contributed by atoms with van der Waals surface area (Å²) in [5, 5.41) is 12.1. The number of carbonyl (C=O) groups excluding carboxylic acids is 1. The second-order valence-corrected chi connectivity index (χ2v) is 4.78. The molecule has 1 aromatic heterocycles. The fraction of sp³-hybridized carbons (Fsp3) is 0.250. The number of pyridine rings is 1. The molecule has 2 aromatic rings. The molecule has 2 rings (SSSR count). The molecule has 0 fully saturated rings. The molecule has 0 aliphatic heterocycles. The first kappa shape index (κ1) is 14.2. The van der Waals surface area contributed by atoms with E-state index in [1.54, 1.807) is 26.0 Å². The topological polar surface area (TPSA) is 62.2 Å². The molecule has 20 heavy (non-hydrogen) atoms. The Hall–Kier alpha value is -2.20. The Kier molecular flexibility index (Phi) is 4.48. The van der Waals surface area contributed by atoms with E-state index in [4.69, 9.17) is 0 Å². The van der Waals surface area contributed by atoms with Gasteiger partial charge in [0.2, 0.25) is 0 Å². The van der Waals surface area contributed by atoms with Crippen molar-refractivity contribution < 1.29 is 9.90 Å². The number of nitrogens with zero attached hydrogens (tertiary/aromatic N) is 1. The Labute approximate surface area is 118 Å². The van der Waals surface area contributed by atoms with Crippen LogP contribution in [0.2, 0.25) is 0 Å². The van der Waals surface area contributed by atoms with Gasteiger partial charge in [0.25, 0.3) is 5.91 Å². The van der Waals surface area contributed by atoms with E-state index in [2.05, 4.69) is 10.3 Å². The summed E-state index contributed by atoms with van der Waals surface area (Å²) >= 11 is 0. The van der Waals surface area contributed by atoms with Crippen molar-refractivity contribution in [3.63, 3.8) is 0 Å². The summed E-state index contributed by atoms with van der Waals surface area (Å²) in [7, 11) is 0. The molecule has 1 amide bonds. The third kappa shape index (κ3) is 3.42. The van der Waals surface area contributed by atoms with Crippen LogP contribution in [0.25, 0.3) is 11.3 Å². The molecular formula is C16H18N2O2. The van der Waals surface area contributed by atoms with Gasteiger partial charge in [-0.05, 0) is 26.0 Å². The van der Waals surface area contributed by atoms with Crippen molar-refractivity contribution in [3.8, 4) is 11.3 Å². The Morgan fingerprint density at radius 2 is 1.80 bits per heavy atom. The minimum Gasteiger partial charge on any atom is -0.391 e. The smallest absolute Gasteiger partial charge is 0.270 e. The third-order valence-corrected chi connectivity index (χ3v) is 3.13. The first-order valence-electron chi connectivity index (χ1n) is 6.59. The molecule has 1 heterocycles. The summed E-state index contributed by atoms with van der Waals surface area (Å²) in [4.78, 5) is 16.4. The van der Waals surface area contributed by atoms with Gasteiger partial charge in [0.05, 0.1) is 17.8 Å². The predicted octanol–water partition coefficient (Wildman–Crippen LogP) is 2.25. The zero-order valence-electron chi connectivity index (χ0n) is 11.6. The van der Waals surface area contributed by atoms with E-state index in [9.17, 15) is 9.90 Å². The Balaban J connectivity index is 2.20. The lowest BCUT2D eigenvalue weighted by Gasteiger charge is -2.16. The van der Waals surface area contributed by atoms with Crippen LogP contribution in [-0.2, 0) is 0 Å². The van der Waals surface area contributed by atoms with Gasteiger partial charge in [0, 0.05) is 5.56 Å². The molecule has 0 saturated heterocycles. The largest absolute Gasteiger partial charge is 0.391 e. The number of aliphatic hydroxyl groups excluding tert-OH is 1. The van der Waals surface area contributed by atoms with Gasteiger partial charge in [-0.2, -0.15) is 0 Å². The van der Waals surface area contributed by atoms with Crippen LogP contribution in [0.1, 0.15) is 24.3 Å². The van der Waals surface area contributed by atoms with Crippen molar-refractivity contribution >= 4 is 5.91 Å². The number of amides is 1. The van der Waals surface area contributed by atoms with E-state index >= 15 is 0 Å². The molecule has 4 heteroatoms. The maximum atomic E-state index is 12.1. The molecule has 0 aliphatic rings. The monoisotopic (exact) mass is 270 g/mol. The standard InChI is InChI=1S/C16H18N2O2/c1-11(12(2)19)17-16(20)15-10-6-9-14(18-15)13-7-4-3-5-8-13/h3-12,19H,1-2H3,(H,17,20)/t11-,12+/m0/s1. The molecule has 0 aliphatic carbocycles. The fourth-order valence-electron chi connectivity index (χ4n) is 1.73. The molecule has 2 atom stereocenters. The lowest BCUT2D eigenvalue weighted by Crippen LogP contribution is -2.40. The van der Waals surface area contributed by atoms with Crippen molar-refractivity contribution in [2.75, 3.05) is 0 Å². The Morgan fingerprint density at radius 1 is 1.10 bits per heavy atom. The van der Waals surface area contributed by atoms with Crippen LogP contribution in [0.3, 0.4) is 0 Å². The highest BCUT2D eigenvalue weighted by atomic mass is 16.3. The molecule has 1 aromatic carbocycles. The van der Waals surface area contributed by atoms with E-state index in [0.717, 1.165) is 11.3 Å². The number of nitrogens with one attached hydrogen (secondary N) is 1. The van der Waals surface area contributed by atoms with Crippen LogP contribution in [0.4, 0.5) is 0 Å². The van der Waals surface area contributed by atoms with E-state index in [0.29, 0.717) is 5.69 Å². The van der Waals surface area contributed by atoms with Gasteiger partial charge < -0.3 is 10.4 Å². The van der Waals surface area contributed by atoms with Gasteiger partial charge in [-0.15, -0.1) is 0 Å². The van der Waals surface area contributed by atoms with Crippen molar-refractivity contribution in [1.29, 1.82) is 0 Å². The lowest BCUT2D eigenvalue weighted by molar-refractivity contribution is 0.0869. The molecule has 0 saturated carbocycles. The fourth-order valence-corrected chi connectivity index (χ4v) is 1.73. The minimum absolute atomic E-state index is 0.281. The number of aliphatic hydroxyl groups is 1. The van der Waals surface area contributed by atoms with Crippen molar-refractivity contribution in [3.05, 3.63) is 54.2 Å². The number of carbonyl (C=O) groups is 1. The highest BCUT2D eigenvalue weighted by Gasteiger charge is 2.15. The summed E-state index contributed by atoms with van der Waals surface area (Å²) < 4.78 is 0. The molecule has 2 N–H and O–H groups in total. The summed E-state index contributed by atoms with van der Waals surface area (Å²) in [6.45, 7) is 3.39. The third-order valence-electron chi connectivity index (χ3n) is 3.13. The van der Waals surface area contributed by atoms with Crippen molar-refractivity contribution in [2.45, 2.75) is 26.0 Å². The molecule has 0 radical (unpaired) electrons. The number of hydrogen-bond acceptors (Lipinski definition) is 3. The van der Waals surface area contributed by atoms with Crippen LogP contribution in [0.5, 0.6) is 0 Å². The van der Waals surface area contributed by atoms with Gasteiger partial charge in [-0.25, -0.2) is 4.98 Å². The zero-order chi connectivity index (χ0) is 14.5. The van der Waals surface area contributed by atoms with Crippen LogP contribution < -0.4 is 5.32 Å². The van der Waals surface area contributed by atoms with Crippen LogP contribution in [0.15, 0.2) is 48.5 Å². The molecule has 104 valence electrons. The molecule has 4 nitrogen and oxygen atoms in total. The maximum Gasteiger partial charge on any atom is 0.270 e. The molecule has 0 unspecified atom stereocenters. The van der Waals surface area contributed by atoms with Crippen molar-refractivity contribution in [1.82, 2.24) is 10.3 Å². The predicted molar refractivity (Wildman–Crippen MR) is 78.3 cm³/mol. The van der Waals surface area contributed by atoms with Gasteiger partial charge >= 0.3 is 0 Å². The molecular weight excluding hydrogens is 252 g/mol. The second kappa shape index (κ2) is 6.30. The van der Waals surface area contributed by atoms with E-state index in [1.165, 1.54) is 0 Å².